The Morgan fingerprint density at radius 3 is 2.72 bits per heavy atom. The van der Waals surface area contributed by atoms with E-state index < -0.39 is 11.4 Å². The first kappa shape index (κ1) is 17.7. The summed E-state index contributed by atoms with van der Waals surface area (Å²) in [6.45, 7) is 0.882. The van der Waals surface area contributed by atoms with Gasteiger partial charge >= 0.3 is 12.0 Å². The van der Waals surface area contributed by atoms with Crippen molar-refractivity contribution in [2.45, 2.75) is 38.1 Å². The summed E-state index contributed by atoms with van der Waals surface area (Å²) >= 11 is 0. The van der Waals surface area contributed by atoms with Crippen LogP contribution >= 0.6 is 0 Å². The van der Waals surface area contributed by atoms with Gasteiger partial charge in [0, 0.05) is 19.7 Å². The molecular weight excluding hydrogens is 320 g/mol. The number of carbonyl (C=O) groups excluding carboxylic acids is 1. The van der Waals surface area contributed by atoms with Crippen molar-refractivity contribution in [2.24, 2.45) is 11.3 Å². The van der Waals surface area contributed by atoms with Crippen LogP contribution in [0, 0.1) is 11.3 Å². The van der Waals surface area contributed by atoms with Crippen LogP contribution < -0.4 is 5.32 Å². The number of likely N-dealkylation sites (tertiary alicyclic amines) is 1. The maximum absolute atomic E-state index is 12.7. The largest absolute Gasteiger partial charge is 0.481 e. The van der Waals surface area contributed by atoms with E-state index in [2.05, 4.69) is 5.32 Å². The molecule has 6 nitrogen and oxygen atoms in total. The minimum absolute atomic E-state index is 0.0587. The molecule has 3 atom stereocenters. The fraction of sp³-hybridized carbons (Fsp3) is 0.579. The van der Waals surface area contributed by atoms with Gasteiger partial charge in [0.05, 0.1) is 11.5 Å². The van der Waals surface area contributed by atoms with Crippen LogP contribution in [0.15, 0.2) is 30.3 Å². The van der Waals surface area contributed by atoms with E-state index in [1.165, 1.54) is 0 Å². The number of carbonyl (C=O) groups is 2. The van der Waals surface area contributed by atoms with Crippen molar-refractivity contribution in [3.63, 3.8) is 0 Å². The summed E-state index contributed by atoms with van der Waals surface area (Å²) in [5.41, 5.74) is 0.238. The van der Waals surface area contributed by atoms with E-state index in [0.717, 1.165) is 18.4 Å². The standard InChI is InChI=1S/C19H26N2O4/c22-11-5-9-16(14-6-2-1-3-7-14)20-18(25)21-12-15-8-4-10-19(15,13-21)17(23)24/h1-3,6-7,15-16,22H,4-5,8-13H2,(H,20,25)(H,23,24)/t15-,16?,19+/m0/s1. The first-order valence-corrected chi connectivity index (χ1v) is 9.01. The fourth-order valence-corrected chi connectivity index (χ4v) is 4.34. The number of carboxylic acid groups (broad SMARTS) is 1. The Morgan fingerprint density at radius 2 is 2.08 bits per heavy atom. The highest BCUT2D eigenvalue weighted by molar-refractivity contribution is 5.80. The molecule has 25 heavy (non-hydrogen) atoms. The number of aliphatic hydroxyl groups excluding tert-OH is 1. The Bertz CT molecular complexity index is 621. The van der Waals surface area contributed by atoms with E-state index in [4.69, 9.17) is 5.11 Å². The highest BCUT2D eigenvalue weighted by Gasteiger charge is 2.55. The van der Waals surface area contributed by atoms with Crippen LogP contribution in [-0.4, -0.2) is 46.8 Å². The highest BCUT2D eigenvalue weighted by atomic mass is 16.4. The Hall–Kier alpha value is -2.08. The fourth-order valence-electron chi connectivity index (χ4n) is 4.34. The topological polar surface area (TPSA) is 89.9 Å². The zero-order chi connectivity index (χ0) is 17.9. The molecule has 0 aromatic heterocycles. The molecule has 3 N–H and O–H groups in total. The SMILES string of the molecule is O=C(NC(CCCO)c1ccccc1)N1C[C@@H]2CCC[C@@]2(C(=O)O)C1. The third-order valence-corrected chi connectivity index (χ3v) is 5.73. The summed E-state index contributed by atoms with van der Waals surface area (Å²) in [4.78, 5) is 26.2. The molecular formula is C19H26N2O4. The van der Waals surface area contributed by atoms with Gasteiger partial charge in [-0.3, -0.25) is 4.79 Å². The molecule has 136 valence electrons. The van der Waals surface area contributed by atoms with E-state index in [9.17, 15) is 14.7 Å². The average Bonchev–Trinajstić information content (AvgIpc) is 3.17. The number of rotatable bonds is 6. The number of hydrogen-bond acceptors (Lipinski definition) is 3. The van der Waals surface area contributed by atoms with Gasteiger partial charge in [0.15, 0.2) is 0 Å². The van der Waals surface area contributed by atoms with E-state index in [1.807, 2.05) is 30.3 Å². The maximum atomic E-state index is 12.7. The second-order valence-electron chi connectivity index (χ2n) is 7.21. The molecule has 1 saturated heterocycles. The van der Waals surface area contributed by atoms with Crippen molar-refractivity contribution in [1.29, 1.82) is 0 Å². The predicted octanol–water partition coefficient (Wildman–Crippen LogP) is 2.40. The Morgan fingerprint density at radius 1 is 1.32 bits per heavy atom. The lowest BCUT2D eigenvalue weighted by atomic mass is 9.81. The molecule has 1 aromatic carbocycles. The monoisotopic (exact) mass is 346 g/mol. The van der Waals surface area contributed by atoms with Gasteiger partial charge in [0.1, 0.15) is 0 Å². The third-order valence-electron chi connectivity index (χ3n) is 5.73. The highest BCUT2D eigenvalue weighted by Crippen LogP contribution is 2.48. The van der Waals surface area contributed by atoms with Crippen LogP contribution in [0.25, 0.3) is 0 Å². The zero-order valence-electron chi connectivity index (χ0n) is 14.4. The molecule has 0 bridgehead atoms. The molecule has 0 radical (unpaired) electrons. The number of amides is 2. The Kier molecular flexibility index (Phi) is 5.27. The molecule has 1 unspecified atom stereocenters. The molecule has 2 fully saturated rings. The molecule has 2 amide bonds. The first-order valence-electron chi connectivity index (χ1n) is 9.01. The number of aliphatic hydroxyl groups is 1. The minimum Gasteiger partial charge on any atom is -0.481 e. The minimum atomic E-state index is -0.773. The Balaban J connectivity index is 1.69. The molecule has 1 aromatic rings. The molecule has 2 aliphatic rings. The quantitative estimate of drug-likeness (QED) is 0.738. The summed E-state index contributed by atoms with van der Waals surface area (Å²) in [5, 5.41) is 21.8. The van der Waals surface area contributed by atoms with Crippen molar-refractivity contribution in [3.05, 3.63) is 35.9 Å². The lowest BCUT2D eigenvalue weighted by Crippen LogP contribution is -2.43. The molecule has 1 aliphatic carbocycles. The summed E-state index contributed by atoms with van der Waals surface area (Å²) in [7, 11) is 0. The van der Waals surface area contributed by atoms with Gasteiger partial charge < -0.3 is 20.4 Å². The number of benzene rings is 1. The second-order valence-corrected chi connectivity index (χ2v) is 7.21. The second kappa shape index (κ2) is 7.44. The number of carboxylic acids is 1. The van der Waals surface area contributed by atoms with Crippen molar-refractivity contribution < 1.29 is 19.8 Å². The van der Waals surface area contributed by atoms with Crippen LogP contribution in [0.5, 0.6) is 0 Å². The van der Waals surface area contributed by atoms with Crippen molar-refractivity contribution in [3.8, 4) is 0 Å². The summed E-state index contributed by atoms with van der Waals surface area (Å²) < 4.78 is 0. The van der Waals surface area contributed by atoms with E-state index in [1.54, 1.807) is 4.90 Å². The van der Waals surface area contributed by atoms with Gasteiger partial charge in [-0.1, -0.05) is 36.8 Å². The number of nitrogens with one attached hydrogen (secondary N) is 1. The zero-order valence-corrected chi connectivity index (χ0v) is 14.4. The summed E-state index contributed by atoms with van der Waals surface area (Å²) in [6.07, 6.45) is 3.71. The van der Waals surface area contributed by atoms with Gasteiger partial charge in [0.25, 0.3) is 0 Å². The van der Waals surface area contributed by atoms with Gasteiger partial charge in [-0.2, -0.15) is 0 Å². The van der Waals surface area contributed by atoms with Crippen molar-refractivity contribution >= 4 is 12.0 Å². The number of hydrogen-bond donors (Lipinski definition) is 3. The van der Waals surface area contributed by atoms with Crippen LogP contribution in [0.4, 0.5) is 4.79 Å². The number of urea groups is 1. The van der Waals surface area contributed by atoms with Crippen molar-refractivity contribution in [1.82, 2.24) is 10.2 Å². The lowest BCUT2D eigenvalue weighted by molar-refractivity contribution is -0.149. The smallest absolute Gasteiger partial charge is 0.317 e. The van der Waals surface area contributed by atoms with E-state index in [0.29, 0.717) is 32.4 Å². The van der Waals surface area contributed by atoms with E-state index in [-0.39, 0.29) is 24.6 Å². The van der Waals surface area contributed by atoms with Crippen molar-refractivity contribution in [2.75, 3.05) is 19.7 Å². The normalized spacial score (nSPS) is 26.3. The number of nitrogens with zero attached hydrogens (tertiary/aromatic N) is 1. The van der Waals surface area contributed by atoms with Crippen LogP contribution in [0.3, 0.4) is 0 Å². The van der Waals surface area contributed by atoms with Crippen LogP contribution in [0.1, 0.15) is 43.7 Å². The average molecular weight is 346 g/mol. The molecule has 1 heterocycles. The third kappa shape index (κ3) is 3.49. The molecule has 6 heteroatoms. The summed E-state index contributed by atoms with van der Waals surface area (Å²) in [5.74, 6) is -0.714. The van der Waals surface area contributed by atoms with Crippen LogP contribution in [-0.2, 0) is 4.79 Å². The molecule has 1 saturated carbocycles. The van der Waals surface area contributed by atoms with Gasteiger partial charge in [0.2, 0.25) is 0 Å². The van der Waals surface area contributed by atoms with E-state index >= 15 is 0 Å². The first-order chi connectivity index (χ1) is 12.1. The molecule has 1 aliphatic heterocycles. The number of aliphatic carboxylic acids is 1. The molecule has 3 rings (SSSR count). The lowest BCUT2D eigenvalue weighted by Gasteiger charge is -2.26. The number of fused-ring (bicyclic) bond motifs is 1. The van der Waals surface area contributed by atoms with Gasteiger partial charge in [-0.15, -0.1) is 0 Å². The van der Waals surface area contributed by atoms with Crippen LogP contribution in [0.2, 0.25) is 0 Å². The predicted molar refractivity (Wildman–Crippen MR) is 93.0 cm³/mol. The van der Waals surface area contributed by atoms with Gasteiger partial charge in [-0.25, -0.2) is 4.79 Å². The molecule has 0 spiro atoms. The summed E-state index contributed by atoms with van der Waals surface area (Å²) in [6, 6.07) is 9.30. The maximum Gasteiger partial charge on any atom is 0.317 e. The Labute approximate surface area is 147 Å². The van der Waals surface area contributed by atoms with Gasteiger partial charge in [-0.05, 0) is 37.2 Å².